The van der Waals surface area contributed by atoms with E-state index >= 15 is 0 Å². The molecule has 1 saturated heterocycles. The van der Waals surface area contributed by atoms with Gasteiger partial charge in [0.15, 0.2) is 0 Å². The Balaban J connectivity index is 1.35. The fourth-order valence-electron chi connectivity index (χ4n) is 3.73. The minimum absolute atomic E-state index is 0.241. The monoisotopic (exact) mass is 381 g/mol. The highest BCUT2D eigenvalue weighted by Crippen LogP contribution is 2.21. The molecule has 0 radical (unpaired) electrons. The van der Waals surface area contributed by atoms with E-state index in [4.69, 9.17) is 4.42 Å². The lowest BCUT2D eigenvalue weighted by atomic mass is 9.93. The Bertz CT molecular complexity index is 728. The van der Waals surface area contributed by atoms with Crippen molar-refractivity contribution in [3.63, 3.8) is 0 Å². The molecule has 1 fully saturated rings. The van der Waals surface area contributed by atoms with E-state index < -0.39 is 0 Å². The molecule has 0 spiro atoms. The van der Waals surface area contributed by atoms with E-state index in [9.17, 15) is 4.79 Å². The van der Waals surface area contributed by atoms with Crippen molar-refractivity contribution in [1.29, 1.82) is 0 Å². The first kappa shape index (κ1) is 20.3. The third-order valence-electron chi connectivity index (χ3n) is 5.41. The smallest absolute Gasteiger partial charge is 0.222 e. The van der Waals surface area contributed by atoms with Crippen molar-refractivity contribution in [2.75, 3.05) is 33.2 Å². The van der Waals surface area contributed by atoms with E-state index in [1.165, 1.54) is 12.8 Å². The second-order valence-electron chi connectivity index (χ2n) is 7.61. The lowest BCUT2D eigenvalue weighted by molar-refractivity contribution is -0.130. The Kier molecular flexibility index (Phi) is 7.85. The van der Waals surface area contributed by atoms with E-state index in [0.717, 1.165) is 50.5 Å². The lowest BCUT2D eigenvalue weighted by Crippen LogP contribution is -2.36. The number of carbonyl (C=O) groups is 1. The predicted octanol–water partition coefficient (Wildman–Crippen LogP) is 3.88. The third-order valence-corrected chi connectivity index (χ3v) is 5.41. The SMILES string of the molecule is CN(CCc1ccccn1)C(=O)CC[C@H]1CCCN(C/C=C/c2ccco2)C1. The van der Waals surface area contributed by atoms with Gasteiger partial charge in [0.05, 0.1) is 6.26 Å². The van der Waals surface area contributed by atoms with E-state index in [0.29, 0.717) is 12.3 Å². The van der Waals surface area contributed by atoms with Gasteiger partial charge in [-0.05, 0) is 62.1 Å². The minimum atomic E-state index is 0.241. The molecule has 1 aliphatic heterocycles. The van der Waals surface area contributed by atoms with Crippen LogP contribution >= 0.6 is 0 Å². The highest BCUT2D eigenvalue weighted by molar-refractivity contribution is 5.75. The van der Waals surface area contributed by atoms with Crippen LogP contribution in [0.2, 0.25) is 0 Å². The summed E-state index contributed by atoms with van der Waals surface area (Å²) in [6.07, 6.45) is 12.6. The van der Waals surface area contributed by atoms with Crippen molar-refractivity contribution in [3.05, 3.63) is 60.3 Å². The standard InChI is InChI=1S/C23H31N3O2/c1-25(17-13-21-8-2-3-14-24-21)23(27)12-11-20-7-4-15-26(19-20)16-5-9-22-10-6-18-28-22/h2-3,5-6,8-10,14,18,20H,4,7,11-13,15-17,19H2,1H3/b9-5+/t20-/m1/s1. The Labute approximate surface area is 168 Å². The molecule has 1 atom stereocenters. The summed E-state index contributed by atoms with van der Waals surface area (Å²) in [6.45, 7) is 3.88. The fraction of sp³-hybridized carbons (Fsp3) is 0.478. The molecule has 28 heavy (non-hydrogen) atoms. The number of piperidine rings is 1. The van der Waals surface area contributed by atoms with Gasteiger partial charge in [0, 0.05) is 51.4 Å². The Morgan fingerprint density at radius 2 is 2.29 bits per heavy atom. The highest BCUT2D eigenvalue weighted by atomic mass is 16.3. The zero-order chi connectivity index (χ0) is 19.6. The number of pyridine rings is 1. The average Bonchev–Trinajstić information content (AvgIpc) is 3.25. The van der Waals surface area contributed by atoms with Crippen LogP contribution in [0.15, 0.2) is 53.3 Å². The minimum Gasteiger partial charge on any atom is -0.465 e. The number of likely N-dealkylation sites (N-methyl/N-ethyl adjacent to an activating group) is 1. The van der Waals surface area contributed by atoms with Crippen LogP contribution < -0.4 is 0 Å². The first-order chi connectivity index (χ1) is 13.7. The van der Waals surface area contributed by atoms with Crippen molar-refractivity contribution >= 4 is 12.0 Å². The Morgan fingerprint density at radius 1 is 1.36 bits per heavy atom. The molecule has 0 aromatic carbocycles. The number of hydrogen-bond acceptors (Lipinski definition) is 4. The quantitative estimate of drug-likeness (QED) is 0.661. The summed E-state index contributed by atoms with van der Waals surface area (Å²) in [5.41, 5.74) is 1.03. The molecule has 2 aromatic rings. The molecule has 5 nitrogen and oxygen atoms in total. The van der Waals surface area contributed by atoms with Gasteiger partial charge >= 0.3 is 0 Å². The number of amides is 1. The van der Waals surface area contributed by atoms with Gasteiger partial charge in [-0.2, -0.15) is 0 Å². The summed E-state index contributed by atoms with van der Waals surface area (Å²) in [4.78, 5) is 21.1. The van der Waals surface area contributed by atoms with Crippen LogP contribution in [0.25, 0.3) is 6.08 Å². The highest BCUT2D eigenvalue weighted by Gasteiger charge is 2.20. The second kappa shape index (κ2) is 10.8. The Hall–Kier alpha value is -2.40. The van der Waals surface area contributed by atoms with Gasteiger partial charge in [-0.25, -0.2) is 0 Å². The molecule has 3 heterocycles. The number of likely N-dealkylation sites (tertiary alicyclic amines) is 1. The second-order valence-corrected chi connectivity index (χ2v) is 7.61. The van der Waals surface area contributed by atoms with Gasteiger partial charge in [0.25, 0.3) is 0 Å². The maximum Gasteiger partial charge on any atom is 0.222 e. The van der Waals surface area contributed by atoms with Crippen LogP contribution in [0.3, 0.4) is 0 Å². The molecule has 5 heteroatoms. The van der Waals surface area contributed by atoms with E-state index in [1.807, 2.05) is 48.4 Å². The van der Waals surface area contributed by atoms with E-state index in [1.54, 1.807) is 12.5 Å². The summed E-state index contributed by atoms with van der Waals surface area (Å²) in [5, 5.41) is 0. The van der Waals surface area contributed by atoms with Crippen molar-refractivity contribution in [2.45, 2.75) is 32.1 Å². The molecular weight excluding hydrogens is 350 g/mol. The molecule has 0 bridgehead atoms. The fourth-order valence-corrected chi connectivity index (χ4v) is 3.73. The topological polar surface area (TPSA) is 49.6 Å². The normalized spacial score (nSPS) is 17.8. The summed E-state index contributed by atoms with van der Waals surface area (Å²) in [6, 6.07) is 9.78. The van der Waals surface area contributed by atoms with Gasteiger partial charge in [0.1, 0.15) is 5.76 Å². The first-order valence-electron chi connectivity index (χ1n) is 10.3. The number of furan rings is 1. The zero-order valence-corrected chi connectivity index (χ0v) is 16.8. The van der Waals surface area contributed by atoms with Gasteiger partial charge in [0.2, 0.25) is 5.91 Å². The van der Waals surface area contributed by atoms with Crippen LogP contribution in [0.5, 0.6) is 0 Å². The van der Waals surface area contributed by atoms with Crippen LogP contribution in [-0.2, 0) is 11.2 Å². The van der Waals surface area contributed by atoms with E-state index in [2.05, 4.69) is 16.0 Å². The predicted molar refractivity (Wildman–Crippen MR) is 112 cm³/mol. The van der Waals surface area contributed by atoms with Gasteiger partial charge in [-0.1, -0.05) is 12.1 Å². The molecule has 0 aliphatic carbocycles. The maximum atomic E-state index is 12.5. The summed E-state index contributed by atoms with van der Waals surface area (Å²) in [5.74, 6) is 1.75. The molecule has 2 aromatic heterocycles. The van der Waals surface area contributed by atoms with Gasteiger partial charge in [-0.3, -0.25) is 14.7 Å². The van der Waals surface area contributed by atoms with Crippen molar-refractivity contribution < 1.29 is 9.21 Å². The molecule has 3 rings (SSSR count). The van der Waals surface area contributed by atoms with E-state index in [-0.39, 0.29) is 5.91 Å². The van der Waals surface area contributed by atoms with Crippen molar-refractivity contribution in [1.82, 2.24) is 14.8 Å². The molecule has 150 valence electrons. The van der Waals surface area contributed by atoms with Gasteiger partial charge < -0.3 is 9.32 Å². The number of carbonyl (C=O) groups excluding carboxylic acids is 1. The Morgan fingerprint density at radius 3 is 3.07 bits per heavy atom. The van der Waals surface area contributed by atoms with Crippen LogP contribution in [0.1, 0.15) is 37.1 Å². The molecule has 1 amide bonds. The largest absolute Gasteiger partial charge is 0.465 e. The first-order valence-corrected chi connectivity index (χ1v) is 10.3. The molecule has 0 N–H and O–H groups in total. The lowest BCUT2D eigenvalue weighted by Gasteiger charge is -2.32. The molecule has 1 aliphatic rings. The van der Waals surface area contributed by atoms with Crippen LogP contribution in [-0.4, -0.2) is 53.9 Å². The number of hydrogen-bond donors (Lipinski definition) is 0. The van der Waals surface area contributed by atoms with Gasteiger partial charge in [-0.15, -0.1) is 0 Å². The number of aromatic nitrogens is 1. The molecule has 0 unspecified atom stereocenters. The van der Waals surface area contributed by atoms with Crippen LogP contribution in [0.4, 0.5) is 0 Å². The van der Waals surface area contributed by atoms with Crippen molar-refractivity contribution in [2.24, 2.45) is 5.92 Å². The number of rotatable bonds is 9. The zero-order valence-electron chi connectivity index (χ0n) is 16.8. The van der Waals surface area contributed by atoms with Crippen molar-refractivity contribution in [3.8, 4) is 0 Å². The number of nitrogens with zero attached hydrogens (tertiary/aromatic N) is 3. The maximum absolute atomic E-state index is 12.5. The summed E-state index contributed by atoms with van der Waals surface area (Å²) >= 11 is 0. The van der Waals surface area contributed by atoms with Crippen LogP contribution in [0, 0.1) is 5.92 Å². The third kappa shape index (κ3) is 6.64. The molecular formula is C23H31N3O2. The summed E-state index contributed by atoms with van der Waals surface area (Å²) < 4.78 is 5.33. The average molecular weight is 382 g/mol. The molecule has 0 saturated carbocycles. The summed E-state index contributed by atoms with van der Waals surface area (Å²) in [7, 11) is 1.90.